The van der Waals surface area contributed by atoms with Crippen molar-refractivity contribution in [2.75, 3.05) is 13.1 Å². The SMILES string of the molecule is CC(C)(C)OC(=O)N1CCC[C@H](n2ccc(CO[Si](C)(C)C(C)(C)C)n2)C1. The smallest absolute Gasteiger partial charge is 0.410 e. The third-order valence-electron chi connectivity index (χ3n) is 5.47. The molecule has 2 heterocycles. The molecule has 0 aliphatic carbocycles. The molecule has 1 aromatic rings. The second-order valence-electron chi connectivity index (χ2n) is 10.1. The minimum absolute atomic E-state index is 0.187. The molecule has 0 unspecified atom stereocenters. The Bertz CT molecular complexity index is 644. The molecule has 1 amide bonds. The molecule has 0 radical (unpaired) electrons. The minimum Gasteiger partial charge on any atom is -0.444 e. The van der Waals surface area contributed by atoms with Gasteiger partial charge in [0.1, 0.15) is 5.60 Å². The third kappa shape index (κ3) is 6.07. The number of piperidine rings is 1. The summed E-state index contributed by atoms with van der Waals surface area (Å²) < 4.78 is 13.8. The van der Waals surface area contributed by atoms with Crippen LogP contribution < -0.4 is 0 Å². The van der Waals surface area contributed by atoms with Crippen LogP contribution in [0.3, 0.4) is 0 Å². The fourth-order valence-electron chi connectivity index (χ4n) is 2.79. The Labute approximate surface area is 165 Å². The predicted molar refractivity (Wildman–Crippen MR) is 110 cm³/mol. The van der Waals surface area contributed by atoms with E-state index in [-0.39, 0.29) is 17.2 Å². The van der Waals surface area contributed by atoms with Crippen molar-refractivity contribution >= 4 is 14.4 Å². The van der Waals surface area contributed by atoms with Crippen LogP contribution in [0.5, 0.6) is 0 Å². The van der Waals surface area contributed by atoms with Crippen LogP contribution in [0.1, 0.15) is 66.1 Å². The fraction of sp³-hybridized carbons (Fsp3) is 0.800. The van der Waals surface area contributed by atoms with Crippen LogP contribution in [0.2, 0.25) is 18.1 Å². The lowest BCUT2D eigenvalue weighted by atomic mass is 10.1. The summed E-state index contributed by atoms with van der Waals surface area (Å²) >= 11 is 0. The van der Waals surface area contributed by atoms with Crippen molar-refractivity contribution in [1.29, 1.82) is 0 Å². The number of nitrogens with zero attached hydrogens (tertiary/aromatic N) is 3. The number of amides is 1. The average Bonchev–Trinajstić information content (AvgIpc) is 2.99. The monoisotopic (exact) mass is 395 g/mol. The van der Waals surface area contributed by atoms with Gasteiger partial charge in [-0.25, -0.2) is 4.79 Å². The van der Waals surface area contributed by atoms with E-state index in [2.05, 4.69) is 33.9 Å². The Morgan fingerprint density at radius 1 is 1.26 bits per heavy atom. The predicted octanol–water partition coefficient (Wildman–Crippen LogP) is 4.98. The summed E-state index contributed by atoms with van der Waals surface area (Å²) in [6, 6.07) is 2.22. The van der Waals surface area contributed by atoms with Crippen LogP contribution in [0, 0.1) is 0 Å². The number of ether oxygens (including phenoxy) is 1. The Morgan fingerprint density at radius 2 is 1.93 bits per heavy atom. The Kier molecular flexibility index (Phi) is 6.47. The maximum absolute atomic E-state index is 12.4. The highest BCUT2D eigenvalue weighted by Gasteiger charge is 2.37. The summed E-state index contributed by atoms with van der Waals surface area (Å²) in [5.74, 6) is 0. The van der Waals surface area contributed by atoms with Crippen molar-refractivity contribution in [3.63, 3.8) is 0 Å². The van der Waals surface area contributed by atoms with E-state index in [1.165, 1.54) is 0 Å². The largest absolute Gasteiger partial charge is 0.444 e. The molecule has 1 aromatic heterocycles. The van der Waals surface area contributed by atoms with Gasteiger partial charge in [0, 0.05) is 19.3 Å². The van der Waals surface area contributed by atoms with E-state index in [0.29, 0.717) is 13.2 Å². The standard InChI is InChI=1S/C20H37N3O3Si/c1-19(2,3)26-18(24)22-12-9-10-17(14-22)23-13-11-16(21-23)15-25-27(7,8)20(4,5)6/h11,13,17H,9-10,12,14-15H2,1-8H3/t17-/m0/s1. The molecule has 1 fully saturated rings. The molecule has 0 bridgehead atoms. The zero-order chi connectivity index (χ0) is 20.5. The van der Waals surface area contributed by atoms with E-state index in [4.69, 9.17) is 14.3 Å². The highest BCUT2D eigenvalue weighted by molar-refractivity contribution is 6.74. The highest BCUT2D eigenvalue weighted by atomic mass is 28.4. The molecule has 0 spiro atoms. The van der Waals surface area contributed by atoms with Crippen LogP contribution in [-0.4, -0.2) is 47.8 Å². The van der Waals surface area contributed by atoms with Gasteiger partial charge < -0.3 is 14.1 Å². The van der Waals surface area contributed by atoms with Crippen molar-refractivity contribution in [3.05, 3.63) is 18.0 Å². The van der Waals surface area contributed by atoms with Crippen LogP contribution in [0.25, 0.3) is 0 Å². The van der Waals surface area contributed by atoms with Gasteiger partial charge in [-0.3, -0.25) is 4.68 Å². The normalized spacial score (nSPS) is 19.3. The van der Waals surface area contributed by atoms with Gasteiger partial charge in [0.2, 0.25) is 0 Å². The van der Waals surface area contributed by atoms with Crippen LogP contribution in [-0.2, 0) is 15.8 Å². The summed E-state index contributed by atoms with van der Waals surface area (Å²) in [5, 5.41) is 4.91. The molecule has 7 heteroatoms. The van der Waals surface area contributed by atoms with Gasteiger partial charge in [-0.15, -0.1) is 0 Å². The first-order valence-electron chi connectivity index (χ1n) is 9.94. The summed E-state index contributed by atoms with van der Waals surface area (Å²) in [6.45, 7) is 18.9. The molecule has 2 rings (SSSR count). The molecule has 1 aliphatic rings. The molecular formula is C20H37N3O3Si. The highest BCUT2D eigenvalue weighted by Crippen LogP contribution is 2.37. The van der Waals surface area contributed by atoms with Gasteiger partial charge in [-0.2, -0.15) is 5.10 Å². The van der Waals surface area contributed by atoms with Gasteiger partial charge >= 0.3 is 6.09 Å². The van der Waals surface area contributed by atoms with Crippen molar-refractivity contribution in [2.45, 2.75) is 90.8 Å². The van der Waals surface area contributed by atoms with E-state index in [1.54, 1.807) is 4.90 Å². The molecule has 6 nitrogen and oxygen atoms in total. The fourth-order valence-corrected chi connectivity index (χ4v) is 3.73. The molecule has 0 N–H and O–H groups in total. The lowest BCUT2D eigenvalue weighted by Crippen LogP contribution is -2.43. The molecule has 1 saturated heterocycles. The second kappa shape index (κ2) is 7.95. The number of carbonyl (C=O) groups is 1. The summed E-state index contributed by atoms with van der Waals surface area (Å²) in [4.78, 5) is 14.2. The number of aromatic nitrogens is 2. The number of carbonyl (C=O) groups excluding carboxylic acids is 1. The first-order chi connectivity index (χ1) is 12.3. The molecule has 27 heavy (non-hydrogen) atoms. The molecular weight excluding hydrogens is 358 g/mol. The first-order valence-corrected chi connectivity index (χ1v) is 12.9. The summed E-state index contributed by atoms with van der Waals surface area (Å²) in [6.07, 6.45) is 3.75. The second-order valence-corrected chi connectivity index (χ2v) is 14.9. The lowest BCUT2D eigenvalue weighted by molar-refractivity contribution is 0.0167. The maximum Gasteiger partial charge on any atom is 0.410 e. The van der Waals surface area contributed by atoms with Gasteiger partial charge in [-0.1, -0.05) is 20.8 Å². The summed E-state index contributed by atoms with van der Waals surface area (Å²) in [7, 11) is -1.79. The van der Waals surface area contributed by atoms with E-state index in [9.17, 15) is 4.79 Å². The van der Waals surface area contributed by atoms with E-state index >= 15 is 0 Å². The van der Waals surface area contributed by atoms with Crippen LogP contribution in [0.4, 0.5) is 4.79 Å². The molecule has 154 valence electrons. The van der Waals surface area contributed by atoms with Crippen LogP contribution >= 0.6 is 0 Å². The summed E-state index contributed by atoms with van der Waals surface area (Å²) in [5.41, 5.74) is 0.485. The van der Waals surface area contributed by atoms with Crippen LogP contribution in [0.15, 0.2) is 12.3 Å². The molecule has 0 aromatic carbocycles. The van der Waals surface area contributed by atoms with Gasteiger partial charge in [0.15, 0.2) is 8.32 Å². The average molecular weight is 396 g/mol. The van der Waals surface area contributed by atoms with E-state index in [1.807, 2.05) is 37.7 Å². The third-order valence-corrected chi connectivity index (χ3v) is 9.95. The Hall–Kier alpha value is -1.34. The number of hydrogen-bond donors (Lipinski definition) is 0. The first kappa shape index (κ1) is 22.0. The van der Waals surface area contributed by atoms with Gasteiger partial charge in [0.25, 0.3) is 0 Å². The maximum atomic E-state index is 12.4. The van der Waals surface area contributed by atoms with Crippen molar-refractivity contribution in [2.24, 2.45) is 0 Å². The Morgan fingerprint density at radius 3 is 2.52 bits per heavy atom. The van der Waals surface area contributed by atoms with E-state index < -0.39 is 13.9 Å². The zero-order valence-corrected chi connectivity index (χ0v) is 19.3. The quantitative estimate of drug-likeness (QED) is 0.675. The number of likely N-dealkylation sites (tertiary alicyclic amines) is 1. The zero-order valence-electron chi connectivity index (χ0n) is 18.3. The minimum atomic E-state index is -1.79. The van der Waals surface area contributed by atoms with Crippen molar-refractivity contribution < 1.29 is 14.0 Å². The van der Waals surface area contributed by atoms with Gasteiger partial charge in [-0.05, 0) is 57.8 Å². The van der Waals surface area contributed by atoms with E-state index in [0.717, 1.165) is 25.1 Å². The number of rotatable bonds is 4. The Balaban J connectivity index is 1.96. The van der Waals surface area contributed by atoms with Crippen molar-refractivity contribution in [1.82, 2.24) is 14.7 Å². The lowest BCUT2D eigenvalue weighted by Gasteiger charge is -2.36. The van der Waals surface area contributed by atoms with Gasteiger partial charge in [0.05, 0.1) is 18.3 Å². The molecule has 1 atom stereocenters. The van der Waals surface area contributed by atoms with Crippen molar-refractivity contribution in [3.8, 4) is 0 Å². The topological polar surface area (TPSA) is 56.6 Å². The molecule has 0 saturated carbocycles. The number of hydrogen-bond acceptors (Lipinski definition) is 4. The molecule has 1 aliphatic heterocycles.